The summed E-state index contributed by atoms with van der Waals surface area (Å²) < 4.78 is 0. The molecule has 1 aliphatic heterocycles. The summed E-state index contributed by atoms with van der Waals surface area (Å²) in [5, 5.41) is 3.42. The van der Waals surface area contributed by atoms with Gasteiger partial charge in [-0.25, -0.2) is 0 Å². The van der Waals surface area contributed by atoms with Gasteiger partial charge in [0.15, 0.2) is 0 Å². The molecule has 1 N–H and O–H groups in total. The van der Waals surface area contributed by atoms with E-state index in [1.54, 1.807) is 11.8 Å². The maximum Gasteiger partial charge on any atom is 0.246 e. The van der Waals surface area contributed by atoms with Crippen LogP contribution < -0.4 is 5.32 Å². The van der Waals surface area contributed by atoms with Gasteiger partial charge in [0.25, 0.3) is 0 Å². The average Bonchev–Trinajstić information content (AvgIpc) is 2.40. The number of carbonyl (C=O) groups excluding carboxylic acids is 2. The third-order valence-corrected chi connectivity index (χ3v) is 4.26. The summed E-state index contributed by atoms with van der Waals surface area (Å²) in [5.41, 5.74) is 1.93. The smallest absolute Gasteiger partial charge is 0.246 e. The maximum absolute atomic E-state index is 12.6. The molecule has 114 valence electrons. The van der Waals surface area contributed by atoms with Crippen molar-refractivity contribution in [2.45, 2.75) is 46.3 Å². The molecular formula is C16H21ClN2O2. The summed E-state index contributed by atoms with van der Waals surface area (Å²) in [7, 11) is 0. The van der Waals surface area contributed by atoms with Crippen LogP contribution >= 0.6 is 11.6 Å². The van der Waals surface area contributed by atoms with Crippen LogP contribution in [0.2, 0.25) is 5.02 Å². The molecule has 2 atom stereocenters. The lowest BCUT2D eigenvalue weighted by atomic mass is 9.97. The number of rotatable bonds is 3. The fraction of sp³-hybridized carbons (Fsp3) is 0.500. The predicted octanol–water partition coefficient (Wildman–Crippen LogP) is 2.52. The van der Waals surface area contributed by atoms with Crippen molar-refractivity contribution in [2.75, 3.05) is 0 Å². The summed E-state index contributed by atoms with van der Waals surface area (Å²) >= 11 is 6.24. The summed E-state index contributed by atoms with van der Waals surface area (Å²) in [6, 6.07) is 4.80. The molecule has 2 amide bonds. The quantitative estimate of drug-likeness (QED) is 0.933. The molecule has 1 saturated heterocycles. The SMILES string of the molecule is Cc1ccc(CN2C(=O)C(C(C)C)NC(=O)C2C)c(Cl)c1. The van der Waals surface area contributed by atoms with Crippen molar-refractivity contribution in [2.24, 2.45) is 5.92 Å². The first-order valence-electron chi connectivity index (χ1n) is 7.17. The maximum atomic E-state index is 12.6. The number of aryl methyl sites for hydroxylation is 1. The number of nitrogens with zero attached hydrogens (tertiary/aromatic N) is 1. The van der Waals surface area contributed by atoms with Crippen molar-refractivity contribution >= 4 is 23.4 Å². The van der Waals surface area contributed by atoms with Crippen LogP contribution in [0.4, 0.5) is 0 Å². The van der Waals surface area contributed by atoms with Gasteiger partial charge < -0.3 is 10.2 Å². The number of nitrogens with one attached hydrogen (secondary N) is 1. The molecule has 1 aromatic rings. The van der Waals surface area contributed by atoms with Crippen molar-refractivity contribution in [3.8, 4) is 0 Å². The van der Waals surface area contributed by atoms with Crippen LogP contribution in [0.5, 0.6) is 0 Å². The third-order valence-electron chi connectivity index (χ3n) is 3.91. The van der Waals surface area contributed by atoms with E-state index >= 15 is 0 Å². The molecule has 2 unspecified atom stereocenters. The Bertz CT molecular complexity index is 571. The second-order valence-electron chi connectivity index (χ2n) is 5.97. The van der Waals surface area contributed by atoms with Gasteiger partial charge >= 0.3 is 0 Å². The highest BCUT2D eigenvalue weighted by Gasteiger charge is 2.39. The number of benzene rings is 1. The molecule has 1 heterocycles. The Hall–Kier alpha value is -1.55. The first-order chi connectivity index (χ1) is 9.81. The van der Waals surface area contributed by atoms with Crippen LogP contribution in [-0.2, 0) is 16.1 Å². The van der Waals surface area contributed by atoms with Gasteiger partial charge in [0.2, 0.25) is 11.8 Å². The minimum Gasteiger partial charge on any atom is -0.342 e. The van der Waals surface area contributed by atoms with E-state index in [9.17, 15) is 9.59 Å². The van der Waals surface area contributed by atoms with Crippen LogP contribution in [0.3, 0.4) is 0 Å². The normalized spacial score (nSPS) is 22.7. The van der Waals surface area contributed by atoms with E-state index in [2.05, 4.69) is 5.32 Å². The van der Waals surface area contributed by atoms with Gasteiger partial charge in [0.1, 0.15) is 12.1 Å². The Balaban J connectivity index is 2.27. The molecule has 0 spiro atoms. The van der Waals surface area contributed by atoms with Gasteiger partial charge in [0, 0.05) is 11.6 Å². The molecule has 5 heteroatoms. The first kappa shape index (κ1) is 15.8. The summed E-state index contributed by atoms with van der Waals surface area (Å²) in [6.45, 7) is 7.92. The van der Waals surface area contributed by atoms with E-state index in [1.807, 2.05) is 39.0 Å². The molecule has 0 aliphatic carbocycles. The molecule has 1 aromatic carbocycles. The van der Waals surface area contributed by atoms with E-state index in [0.717, 1.165) is 11.1 Å². The fourth-order valence-electron chi connectivity index (χ4n) is 2.48. The monoisotopic (exact) mass is 308 g/mol. The number of amides is 2. The van der Waals surface area contributed by atoms with Gasteiger partial charge in [0.05, 0.1) is 0 Å². The molecule has 4 nitrogen and oxygen atoms in total. The highest BCUT2D eigenvalue weighted by Crippen LogP contribution is 2.23. The van der Waals surface area contributed by atoms with E-state index < -0.39 is 12.1 Å². The average molecular weight is 309 g/mol. The van der Waals surface area contributed by atoms with Crippen LogP contribution in [0.25, 0.3) is 0 Å². The van der Waals surface area contributed by atoms with Crippen molar-refractivity contribution < 1.29 is 9.59 Å². The first-order valence-corrected chi connectivity index (χ1v) is 7.55. The molecule has 0 saturated carbocycles. The van der Waals surface area contributed by atoms with Gasteiger partial charge in [-0.05, 0) is 37.0 Å². The number of hydrogen-bond donors (Lipinski definition) is 1. The zero-order chi connectivity index (χ0) is 15.7. The zero-order valence-corrected chi connectivity index (χ0v) is 13.6. The Morgan fingerprint density at radius 2 is 2.00 bits per heavy atom. The molecule has 1 fully saturated rings. The second kappa shape index (κ2) is 6.06. The van der Waals surface area contributed by atoms with Gasteiger partial charge in [-0.15, -0.1) is 0 Å². The Morgan fingerprint density at radius 1 is 1.33 bits per heavy atom. The highest BCUT2D eigenvalue weighted by atomic mass is 35.5. The van der Waals surface area contributed by atoms with Gasteiger partial charge in [-0.2, -0.15) is 0 Å². The Morgan fingerprint density at radius 3 is 2.57 bits per heavy atom. The summed E-state index contributed by atoms with van der Waals surface area (Å²) in [5.74, 6) is -0.102. The highest BCUT2D eigenvalue weighted by molar-refractivity contribution is 6.31. The zero-order valence-electron chi connectivity index (χ0n) is 12.8. The standard InChI is InChI=1S/C16H21ClN2O2/c1-9(2)14-16(21)19(11(4)15(20)18-14)8-12-6-5-10(3)7-13(12)17/h5-7,9,11,14H,8H2,1-4H3,(H,18,20). The number of piperazine rings is 1. The van der Waals surface area contributed by atoms with Crippen LogP contribution in [0.1, 0.15) is 31.9 Å². The molecule has 21 heavy (non-hydrogen) atoms. The predicted molar refractivity (Wildman–Crippen MR) is 83.0 cm³/mol. The van der Waals surface area contributed by atoms with Crippen LogP contribution in [0.15, 0.2) is 18.2 Å². The van der Waals surface area contributed by atoms with Crippen molar-refractivity contribution in [3.05, 3.63) is 34.3 Å². The number of carbonyl (C=O) groups is 2. The lowest BCUT2D eigenvalue weighted by Gasteiger charge is -2.39. The van der Waals surface area contributed by atoms with E-state index in [1.165, 1.54) is 0 Å². The lowest BCUT2D eigenvalue weighted by molar-refractivity contribution is -0.150. The minimum atomic E-state index is -0.482. The van der Waals surface area contributed by atoms with Gasteiger partial charge in [-0.3, -0.25) is 9.59 Å². The second-order valence-corrected chi connectivity index (χ2v) is 6.37. The number of hydrogen-bond acceptors (Lipinski definition) is 2. The van der Waals surface area contributed by atoms with E-state index in [4.69, 9.17) is 11.6 Å². The lowest BCUT2D eigenvalue weighted by Crippen LogP contribution is -2.63. The van der Waals surface area contributed by atoms with E-state index in [-0.39, 0.29) is 17.7 Å². The van der Waals surface area contributed by atoms with E-state index in [0.29, 0.717) is 11.6 Å². The fourth-order valence-corrected chi connectivity index (χ4v) is 2.77. The third kappa shape index (κ3) is 3.21. The van der Waals surface area contributed by atoms with Crippen LogP contribution in [0, 0.1) is 12.8 Å². The van der Waals surface area contributed by atoms with Crippen LogP contribution in [-0.4, -0.2) is 28.8 Å². The topological polar surface area (TPSA) is 49.4 Å². The van der Waals surface area contributed by atoms with Crippen molar-refractivity contribution in [3.63, 3.8) is 0 Å². The van der Waals surface area contributed by atoms with Gasteiger partial charge in [-0.1, -0.05) is 37.6 Å². The Kier molecular flexibility index (Phi) is 4.57. The minimum absolute atomic E-state index is 0.0475. The molecule has 0 bridgehead atoms. The molecule has 0 radical (unpaired) electrons. The summed E-state index contributed by atoms with van der Waals surface area (Å²) in [4.78, 5) is 26.2. The van der Waals surface area contributed by atoms with Crippen molar-refractivity contribution in [1.29, 1.82) is 0 Å². The largest absolute Gasteiger partial charge is 0.342 e. The summed E-state index contributed by atoms with van der Waals surface area (Å²) in [6.07, 6.45) is 0. The molecular weight excluding hydrogens is 288 g/mol. The molecule has 1 aliphatic rings. The number of halogens is 1. The molecule has 2 rings (SSSR count). The van der Waals surface area contributed by atoms with Crippen molar-refractivity contribution in [1.82, 2.24) is 10.2 Å². The Labute approximate surface area is 130 Å². The molecule has 0 aromatic heterocycles.